The van der Waals surface area contributed by atoms with Crippen molar-refractivity contribution in [1.29, 1.82) is 0 Å². The standard InChI is InChI=1S/C17H19FN4O/c1-3-9(2)7-20-17-14-11-6-10(18)4-5-13(11)22-15(14)12(8-21-17)16(19)23/h4-6,8-9,22H,3,7H2,1-2H3,(H2,19,23)(H,20,21)/t9-/m1/s1. The van der Waals surface area contributed by atoms with Crippen LogP contribution in [0.25, 0.3) is 21.8 Å². The number of nitrogens with zero attached hydrogens (tertiary/aromatic N) is 1. The lowest BCUT2D eigenvalue weighted by Crippen LogP contribution is -2.14. The lowest BCUT2D eigenvalue weighted by atomic mass is 10.1. The molecule has 1 aromatic carbocycles. The summed E-state index contributed by atoms with van der Waals surface area (Å²) in [5.41, 5.74) is 7.05. The fourth-order valence-electron chi connectivity index (χ4n) is 2.61. The van der Waals surface area contributed by atoms with E-state index in [1.807, 2.05) is 0 Å². The smallest absolute Gasteiger partial charge is 0.252 e. The van der Waals surface area contributed by atoms with Crippen LogP contribution in [0.3, 0.4) is 0 Å². The predicted molar refractivity (Wildman–Crippen MR) is 90.0 cm³/mol. The van der Waals surface area contributed by atoms with Gasteiger partial charge in [0, 0.05) is 23.6 Å². The van der Waals surface area contributed by atoms with Gasteiger partial charge >= 0.3 is 0 Å². The van der Waals surface area contributed by atoms with Gasteiger partial charge in [-0.25, -0.2) is 9.37 Å². The third kappa shape index (κ3) is 2.72. The Morgan fingerprint density at radius 2 is 2.26 bits per heavy atom. The molecule has 6 heteroatoms. The lowest BCUT2D eigenvalue weighted by molar-refractivity contribution is 0.100. The van der Waals surface area contributed by atoms with Crippen LogP contribution in [0.4, 0.5) is 10.2 Å². The van der Waals surface area contributed by atoms with Crippen LogP contribution in [0.15, 0.2) is 24.4 Å². The van der Waals surface area contributed by atoms with Gasteiger partial charge in [0.25, 0.3) is 5.91 Å². The average Bonchev–Trinajstić information content (AvgIpc) is 2.90. The number of fused-ring (bicyclic) bond motifs is 3. The molecule has 0 aliphatic carbocycles. The topological polar surface area (TPSA) is 83.8 Å². The van der Waals surface area contributed by atoms with Crippen LogP contribution in [-0.4, -0.2) is 22.4 Å². The molecule has 0 unspecified atom stereocenters. The van der Waals surface area contributed by atoms with E-state index in [1.165, 1.54) is 18.3 Å². The molecule has 4 N–H and O–H groups in total. The fourth-order valence-corrected chi connectivity index (χ4v) is 2.61. The molecule has 0 bridgehead atoms. The van der Waals surface area contributed by atoms with E-state index >= 15 is 0 Å². The van der Waals surface area contributed by atoms with E-state index in [-0.39, 0.29) is 5.82 Å². The summed E-state index contributed by atoms with van der Waals surface area (Å²) < 4.78 is 13.7. The van der Waals surface area contributed by atoms with Crippen LogP contribution in [0.5, 0.6) is 0 Å². The van der Waals surface area contributed by atoms with Crippen molar-refractivity contribution in [3.8, 4) is 0 Å². The molecular weight excluding hydrogens is 295 g/mol. The number of carbonyl (C=O) groups excluding carboxylic acids is 1. The second-order valence-electron chi connectivity index (χ2n) is 5.84. The van der Waals surface area contributed by atoms with Gasteiger partial charge in [0.05, 0.1) is 16.5 Å². The molecule has 0 saturated heterocycles. The monoisotopic (exact) mass is 314 g/mol. The van der Waals surface area contributed by atoms with E-state index in [0.29, 0.717) is 33.6 Å². The van der Waals surface area contributed by atoms with E-state index in [9.17, 15) is 9.18 Å². The third-order valence-electron chi connectivity index (χ3n) is 4.17. The highest BCUT2D eigenvalue weighted by Gasteiger charge is 2.17. The van der Waals surface area contributed by atoms with Crippen molar-refractivity contribution in [3.05, 3.63) is 35.8 Å². The molecule has 1 atom stereocenters. The number of hydrogen-bond acceptors (Lipinski definition) is 3. The van der Waals surface area contributed by atoms with Crippen molar-refractivity contribution in [2.24, 2.45) is 11.7 Å². The maximum atomic E-state index is 13.7. The van der Waals surface area contributed by atoms with E-state index in [4.69, 9.17) is 5.73 Å². The highest BCUT2D eigenvalue weighted by Crippen LogP contribution is 2.32. The molecule has 2 aromatic heterocycles. The normalized spacial score (nSPS) is 12.7. The second kappa shape index (κ2) is 5.87. The summed E-state index contributed by atoms with van der Waals surface area (Å²) in [6.07, 6.45) is 2.49. The Morgan fingerprint density at radius 3 is 2.96 bits per heavy atom. The molecule has 3 aromatic rings. The van der Waals surface area contributed by atoms with Crippen molar-refractivity contribution in [3.63, 3.8) is 0 Å². The van der Waals surface area contributed by atoms with Crippen LogP contribution in [-0.2, 0) is 0 Å². The summed E-state index contributed by atoms with van der Waals surface area (Å²) in [7, 11) is 0. The fraction of sp³-hybridized carbons (Fsp3) is 0.294. The summed E-state index contributed by atoms with van der Waals surface area (Å²) in [4.78, 5) is 19.1. The van der Waals surface area contributed by atoms with Crippen molar-refractivity contribution in [2.45, 2.75) is 20.3 Å². The molecule has 0 radical (unpaired) electrons. The third-order valence-corrected chi connectivity index (χ3v) is 4.17. The Kier molecular flexibility index (Phi) is 3.90. The Morgan fingerprint density at radius 1 is 1.48 bits per heavy atom. The number of halogens is 1. The maximum Gasteiger partial charge on any atom is 0.252 e. The highest BCUT2D eigenvalue weighted by molar-refractivity contribution is 6.18. The number of rotatable bonds is 5. The Balaban J connectivity index is 2.23. The van der Waals surface area contributed by atoms with Crippen LogP contribution in [0.1, 0.15) is 30.6 Å². The predicted octanol–water partition coefficient (Wildman–Crippen LogP) is 3.41. The second-order valence-corrected chi connectivity index (χ2v) is 5.84. The zero-order valence-electron chi connectivity index (χ0n) is 13.1. The molecule has 23 heavy (non-hydrogen) atoms. The SMILES string of the molecule is CC[C@@H](C)CNc1ncc(C(N)=O)c2[nH]c3ccc(F)cc3c12. The van der Waals surface area contributed by atoms with Gasteiger partial charge in [-0.3, -0.25) is 4.79 Å². The number of amides is 1. The Bertz CT molecular complexity index is 887. The number of nitrogens with two attached hydrogens (primary N) is 1. The minimum Gasteiger partial charge on any atom is -0.369 e. The minimum atomic E-state index is -0.567. The molecule has 120 valence electrons. The maximum absolute atomic E-state index is 13.7. The molecule has 0 saturated carbocycles. The van der Waals surface area contributed by atoms with Crippen molar-refractivity contribution in [1.82, 2.24) is 9.97 Å². The van der Waals surface area contributed by atoms with Gasteiger partial charge in [0.15, 0.2) is 0 Å². The molecule has 2 heterocycles. The number of carbonyl (C=O) groups is 1. The molecule has 0 aliphatic rings. The van der Waals surface area contributed by atoms with Crippen LogP contribution in [0, 0.1) is 11.7 Å². The van der Waals surface area contributed by atoms with Gasteiger partial charge in [0.2, 0.25) is 0 Å². The Labute approximate surface area is 133 Å². The number of benzene rings is 1. The quantitative estimate of drug-likeness (QED) is 0.675. The molecule has 0 aliphatic heterocycles. The van der Waals surface area contributed by atoms with Gasteiger partial charge < -0.3 is 16.0 Å². The number of aromatic nitrogens is 2. The Hall–Kier alpha value is -2.63. The number of H-pyrrole nitrogens is 1. The van der Waals surface area contributed by atoms with Crippen molar-refractivity contribution >= 4 is 33.5 Å². The van der Waals surface area contributed by atoms with Gasteiger partial charge in [0.1, 0.15) is 11.6 Å². The first kappa shape index (κ1) is 15.3. The number of anilines is 1. The molecule has 5 nitrogen and oxygen atoms in total. The van der Waals surface area contributed by atoms with Crippen LogP contribution >= 0.6 is 0 Å². The lowest BCUT2D eigenvalue weighted by Gasteiger charge is -2.12. The van der Waals surface area contributed by atoms with Crippen LogP contribution < -0.4 is 11.1 Å². The van der Waals surface area contributed by atoms with Gasteiger partial charge in [-0.2, -0.15) is 0 Å². The first-order valence-corrected chi connectivity index (χ1v) is 7.64. The number of primary amides is 1. The van der Waals surface area contributed by atoms with Gasteiger partial charge in [-0.15, -0.1) is 0 Å². The van der Waals surface area contributed by atoms with E-state index in [1.54, 1.807) is 6.07 Å². The highest BCUT2D eigenvalue weighted by atomic mass is 19.1. The van der Waals surface area contributed by atoms with E-state index < -0.39 is 5.91 Å². The summed E-state index contributed by atoms with van der Waals surface area (Å²) in [5, 5.41) is 4.67. The van der Waals surface area contributed by atoms with Gasteiger partial charge in [-0.1, -0.05) is 20.3 Å². The zero-order chi connectivity index (χ0) is 16.6. The van der Waals surface area contributed by atoms with Crippen molar-refractivity contribution in [2.75, 3.05) is 11.9 Å². The number of aromatic amines is 1. The number of hydrogen-bond donors (Lipinski definition) is 3. The molecule has 0 fully saturated rings. The zero-order valence-corrected chi connectivity index (χ0v) is 13.1. The summed E-state index contributed by atoms with van der Waals surface area (Å²) in [5.74, 6) is 0.200. The number of nitrogens with one attached hydrogen (secondary N) is 2. The van der Waals surface area contributed by atoms with E-state index in [0.717, 1.165) is 18.5 Å². The first-order chi connectivity index (χ1) is 11.0. The van der Waals surface area contributed by atoms with Crippen LogP contribution in [0.2, 0.25) is 0 Å². The summed E-state index contributed by atoms with van der Waals surface area (Å²) >= 11 is 0. The summed E-state index contributed by atoms with van der Waals surface area (Å²) in [6, 6.07) is 4.46. The molecule has 3 rings (SSSR count). The molecule has 1 amide bonds. The number of pyridine rings is 1. The summed E-state index contributed by atoms with van der Waals surface area (Å²) in [6.45, 7) is 5.00. The average molecular weight is 314 g/mol. The van der Waals surface area contributed by atoms with Gasteiger partial charge in [-0.05, 0) is 24.1 Å². The first-order valence-electron chi connectivity index (χ1n) is 7.64. The molecule has 0 spiro atoms. The van der Waals surface area contributed by atoms with E-state index in [2.05, 4.69) is 29.1 Å². The largest absolute Gasteiger partial charge is 0.369 e. The van der Waals surface area contributed by atoms with Crippen molar-refractivity contribution < 1.29 is 9.18 Å². The minimum absolute atomic E-state index is 0.297. The molecular formula is C17H19FN4O.